The molecule has 8 heteroatoms. The predicted octanol–water partition coefficient (Wildman–Crippen LogP) is 4.00. The fraction of sp³-hybridized carbons (Fsp3) is 0.0769. The molecule has 4 aromatic rings. The van der Waals surface area contributed by atoms with Crippen molar-refractivity contribution in [3.63, 3.8) is 0 Å². The molecule has 4 rings (SSSR count). The summed E-state index contributed by atoms with van der Waals surface area (Å²) < 4.78 is 1.84. The largest absolute Gasteiger partial charge is 0.337 e. The smallest absolute Gasteiger partial charge is 0.271 e. The Kier molecular flexibility index (Phi) is 6.78. The van der Waals surface area contributed by atoms with E-state index in [4.69, 9.17) is 0 Å². The molecule has 0 bridgehead atoms. The average molecular weight is 454 g/mol. The van der Waals surface area contributed by atoms with Crippen LogP contribution in [0.4, 0.5) is 11.4 Å². The summed E-state index contributed by atoms with van der Waals surface area (Å²) in [5, 5.41) is 10.5. The molecule has 1 heterocycles. The lowest BCUT2D eigenvalue weighted by Crippen LogP contribution is -2.18. The minimum absolute atomic E-state index is 0.131. The van der Waals surface area contributed by atoms with Gasteiger partial charge in [0.15, 0.2) is 0 Å². The van der Waals surface area contributed by atoms with Crippen LogP contribution in [0.1, 0.15) is 22.8 Å². The zero-order chi connectivity index (χ0) is 23.9. The monoisotopic (exact) mass is 453 g/mol. The second kappa shape index (κ2) is 10.3. The molecule has 0 saturated heterocycles. The van der Waals surface area contributed by atoms with Gasteiger partial charge in [-0.1, -0.05) is 42.5 Å². The van der Waals surface area contributed by atoms with E-state index >= 15 is 0 Å². The second-order valence-electron chi connectivity index (χ2n) is 7.60. The molecule has 0 atom stereocenters. The van der Waals surface area contributed by atoms with Crippen LogP contribution >= 0.6 is 0 Å². The van der Waals surface area contributed by atoms with Crippen molar-refractivity contribution in [1.29, 1.82) is 0 Å². The molecule has 34 heavy (non-hydrogen) atoms. The Morgan fingerprint density at radius 3 is 2.41 bits per heavy atom. The number of hydrogen-bond donors (Lipinski definition) is 3. The van der Waals surface area contributed by atoms with E-state index in [-0.39, 0.29) is 18.4 Å². The van der Waals surface area contributed by atoms with Crippen LogP contribution in [0.2, 0.25) is 0 Å². The first-order chi connectivity index (χ1) is 16.5. The van der Waals surface area contributed by atoms with Gasteiger partial charge in [0, 0.05) is 46.5 Å². The lowest BCUT2D eigenvalue weighted by molar-refractivity contribution is -0.116. The van der Waals surface area contributed by atoms with Crippen LogP contribution < -0.4 is 16.1 Å². The number of nitrogens with zero attached hydrogens (tertiary/aromatic N) is 2. The Hall–Kier alpha value is -4.72. The highest BCUT2D eigenvalue weighted by Crippen LogP contribution is 2.20. The number of carbonyl (C=O) groups is 3. The number of hydrazone groups is 1. The van der Waals surface area contributed by atoms with Crippen LogP contribution in [0, 0.1) is 0 Å². The minimum Gasteiger partial charge on any atom is -0.337 e. The maximum absolute atomic E-state index is 12.5. The van der Waals surface area contributed by atoms with E-state index < -0.39 is 5.91 Å². The number of nitrogens with one attached hydrogen (secondary N) is 3. The Morgan fingerprint density at radius 2 is 1.62 bits per heavy atom. The van der Waals surface area contributed by atoms with Crippen LogP contribution in [0.5, 0.6) is 0 Å². The summed E-state index contributed by atoms with van der Waals surface area (Å²) in [6.07, 6.45) is 3.37. The molecular formula is C26H23N5O3. The van der Waals surface area contributed by atoms with E-state index in [1.54, 1.807) is 30.5 Å². The molecule has 0 aliphatic heterocycles. The fourth-order valence-corrected chi connectivity index (χ4v) is 3.55. The molecule has 0 fully saturated rings. The molecule has 1 aromatic heterocycles. The van der Waals surface area contributed by atoms with Gasteiger partial charge in [-0.3, -0.25) is 14.4 Å². The van der Waals surface area contributed by atoms with E-state index in [2.05, 4.69) is 21.2 Å². The normalized spacial score (nSPS) is 10.9. The summed E-state index contributed by atoms with van der Waals surface area (Å²) in [5.41, 5.74) is 5.77. The van der Waals surface area contributed by atoms with E-state index in [1.165, 1.54) is 6.92 Å². The standard InChI is InChI=1S/C26H23N5O3/c1-18(32)28-22-11-7-8-19(14-22)26(34)30-27-15-20-16-31(24-13-6-5-12-23(20)24)17-25(33)29-21-9-3-2-4-10-21/h2-16H,17H2,1H3,(H,28,32)(H,29,33)(H,30,34)/b27-15-. The number of para-hydroxylation sites is 2. The Balaban J connectivity index is 1.47. The zero-order valence-electron chi connectivity index (χ0n) is 18.5. The summed E-state index contributed by atoms with van der Waals surface area (Å²) in [6.45, 7) is 1.53. The van der Waals surface area contributed by atoms with Crippen LogP contribution in [0.3, 0.4) is 0 Å². The highest BCUT2D eigenvalue weighted by Gasteiger charge is 2.11. The molecule has 0 unspecified atom stereocenters. The van der Waals surface area contributed by atoms with Crippen molar-refractivity contribution in [1.82, 2.24) is 9.99 Å². The SMILES string of the molecule is CC(=O)Nc1cccc(C(=O)N/N=C\c2cn(CC(=O)Nc3ccccc3)c3ccccc23)c1. The highest BCUT2D eigenvalue weighted by molar-refractivity contribution is 6.02. The van der Waals surface area contributed by atoms with Crippen molar-refractivity contribution < 1.29 is 14.4 Å². The lowest BCUT2D eigenvalue weighted by Gasteiger charge is -2.07. The molecule has 3 amide bonds. The van der Waals surface area contributed by atoms with E-state index in [0.29, 0.717) is 11.3 Å². The van der Waals surface area contributed by atoms with E-state index in [1.807, 2.05) is 65.4 Å². The molecule has 0 aliphatic rings. The van der Waals surface area contributed by atoms with Crippen LogP contribution in [-0.4, -0.2) is 28.5 Å². The highest BCUT2D eigenvalue weighted by atomic mass is 16.2. The van der Waals surface area contributed by atoms with Gasteiger partial charge in [-0.2, -0.15) is 5.10 Å². The maximum Gasteiger partial charge on any atom is 0.271 e. The minimum atomic E-state index is -0.408. The molecule has 8 nitrogen and oxygen atoms in total. The fourth-order valence-electron chi connectivity index (χ4n) is 3.55. The van der Waals surface area contributed by atoms with Gasteiger partial charge in [0.05, 0.1) is 6.21 Å². The van der Waals surface area contributed by atoms with Crippen LogP contribution in [0.25, 0.3) is 10.9 Å². The van der Waals surface area contributed by atoms with Gasteiger partial charge < -0.3 is 15.2 Å². The number of hydrogen-bond acceptors (Lipinski definition) is 4. The lowest BCUT2D eigenvalue weighted by atomic mass is 10.2. The summed E-state index contributed by atoms with van der Waals surface area (Å²) in [4.78, 5) is 36.2. The van der Waals surface area contributed by atoms with Gasteiger partial charge in [0.1, 0.15) is 6.54 Å². The van der Waals surface area contributed by atoms with Crippen molar-refractivity contribution in [3.05, 3.63) is 96.2 Å². The number of benzene rings is 3. The van der Waals surface area contributed by atoms with Gasteiger partial charge >= 0.3 is 0 Å². The number of aromatic nitrogens is 1. The van der Waals surface area contributed by atoms with Gasteiger partial charge in [-0.25, -0.2) is 5.43 Å². The molecular weight excluding hydrogens is 430 g/mol. The maximum atomic E-state index is 12.5. The first kappa shape index (κ1) is 22.5. The molecule has 3 aromatic carbocycles. The predicted molar refractivity (Wildman–Crippen MR) is 133 cm³/mol. The number of rotatable bonds is 7. The van der Waals surface area contributed by atoms with E-state index in [9.17, 15) is 14.4 Å². The van der Waals surface area contributed by atoms with Crippen molar-refractivity contribution >= 4 is 46.2 Å². The third kappa shape index (κ3) is 5.55. The summed E-state index contributed by atoms with van der Waals surface area (Å²) in [7, 11) is 0. The molecule has 170 valence electrons. The third-order valence-corrected chi connectivity index (χ3v) is 5.01. The number of amides is 3. The Bertz CT molecular complexity index is 1380. The molecule has 0 aliphatic carbocycles. The summed E-state index contributed by atoms with van der Waals surface area (Å²) in [6, 6.07) is 23.5. The molecule has 0 saturated carbocycles. The van der Waals surface area contributed by atoms with Gasteiger partial charge in [0.25, 0.3) is 5.91 Å². The van der Waals surface area contributed by atoms with Crippen LogP contribution in [0.15, 0.2) is 90.2 Å². The van der Waals surface area contributed by atoms with Gasteiger partial charge in [-0.05, 0) is 36.4 Å². The first-order valence-corrected chi connectivity index (χ1v) is 10.6. The molecule has 3 N–H and O–H groups in total. The number of carbonyl (C=O) groups excluding carboxylic acids is 3. The first-order valence-electron chi connectivity index (χ1n) is 10.6. The Labute approximate surface area is 196 Å². The second-order valence-corrected chi connectivity index (χ2v) is 7.60. The quantitative estimate of drug-likeness (QED) is 0.291. The molecule has 0 radical (unpaired) electrons. The number of fused-ring (bicyclic) bond motifs is 1. The summed E-state index contributed by atoms with van der Waals surface area (Å²) >= 11 is 0. The summed E-state index contributed by atoms with van der Waals surface area (Å²) in [5.74, 6) is -0.776. The zero-order valence-corrected chi connectivity index (χ0v) is 18.5. The van der Waals surface area contributed by atoms with Gasteiger partial charge in [-0.15, -0.1) is 0 Å². The average Bonchev–Trinajstić information content (AvgIpc) is 3.16. The number of anilines is 2. The Morgan fingerprint density at radius 1 is 0.882 bits per heavy atom. The van der Waals surface area contributed by atoms with Crippen molar-refractivity contribution in [2.75, 3.05) is 10.6 Å². The van der Waals surface area contributed by atoms with Gasteiger partial charge in [0.2, 0.25) is 11.8 Å². The molecule has 0 spiro atoms. The van der Waals surface area contributed by atoms with Crippen LogP contribution in [-0.2, 0) is 16.1 Å². The van der Waals surface area contributed by atoms with Crippen molar-refractivity contribution in [3.8, 4) is 0 Å². The van der Waals surface area contributed by atoms with E-state index in [0.717, 1.165) is 22.2 Å². The van der Waals surface area contributed by atoms with Crippen molar-refractivity contribution in [2.45, 2.75) is 13.5 Å². The third-order valence-electron chi connectivity index (χ3n) is 5.01. The topological polar surface area (TPSA) is 105 Å². The van der Waals surface area contributed by atoms with Crippen molar-refractivity contribution in [2.24, 2.45) is 5.10 Å².